The summed E-state index contributed by atoms with van der Waals surface area (Å²) < 4.78 is 5.52. The third-order valence-corrected chi connectivity index (χ3v) is 19.4. The zero-order chi connectivity index (χ0) is 62.0. The van der Waals surface area contributed by atoms with Crippen LogP contribution < -0.4 is 5.32 Å². The molecule has 0 aromatic carbocycles. The number of hydrogen-bond acceptors (Lipinski definition) is 5. The molecule has 0 aliphatic rings. The van der Waals surface area contributed by atoms with Gasteiger partial charge in [-0.15, -0.1) is 0 Å². The van der Waals surface area contributed by atoms with E-state index in [-0.39, 0.29) is 18.5 Å². The van der Waals surface area contributed by atoms with E-state index in [9.17, 15) is 19.8 Å². The number of ether oxygens (including phenoxy) is 1. The van der Waals surface area contributed by atoms with E-state index in [4.69, 9.17) is 4.74 Å². The van der Waals surface area contributed by atoms with Crippen molar-refractivity contribution in [2.24, 2.45) is 0 Å². The molecule has 0 radical (unpaired) electrons. The highest BCUT2D eigenvalue weighted by Crippen LogP contribution is 2.21. The SMILES string of the molecule is CCCCCCCCCCCCCCCCCCCCCCCCCCC(O)C(CO)NC(=O)CCCCCCCCCCCCCCCCCCCCCCCCCCCCOC(=O)CCCCCCCCCCCCCCCCCCCCC. The molecule has 0 spiro atoms. The van der Waals surface area contributed by atoms with Gasteiger partial charge in [-0.2, -0.15) is 0 Å². The third-order valence-electron chi connectivity index (χ3n) is 19.4. The zero-order valence-corrected chi connectivity index (χ0v) is 59.1. The lowest BCUT2D eigenvalue weighted by Crippen LogP contribution is -2.45. The molecule has 514 valence electrons. The average molecular weight is 1220 g/mol. The molecule has 0 rings (SSSR count). The van der Waals surface area contributed by atoms with Crippen LogP contribution in [-0.2, 0) is 14.3 Å². The van der Waals surface area contributed by atoms with Gasteiger partial charge >= 0.3 is 5.97 Å². The van der Waals surface area contributed by atoms with Gasteiger partial charge in [0, 0.05) is 12.8 Å². The molecule has 6 heteroatoms. The Morgan fingerprint density at radius 2 is 0.477 bits per heavy atom. The molecular weight excluding hydrogens is 1050 g/mol. The molecule has 86 heavy (non-hydrogen) atoms. The predicted octanol–water partition coefficient (Wildman–Crippen LogP) is 26.5. The highest BCUT2D eigenvalue weighted by molar-refractivity contribution is 5.76. The Morgan fingerprint density at radius 1 is 0.279 bits per heavy atom. The molecule has 3 N–H and O–H groups in total. The Balaban J connectivity index is 3.33. The number of hydrogen-bond donors (Lipinski definition) is 3. The molecular formula is C80H159NO5. The average Bonchev–Trinajstić information content (AvgIpc) is 3.53. The van der Waals surface area contributed by atoms with E-state index < -0.39 is 12.1 Å². The smallest absolute Gasteiger partial charge is 0.305 e. The first-order valence-electron chi connectivity index (χ1n) is 40.3. The molecule has 2 unspecified atom stereocenters. The summed E-state index contributed by atoms with van der Waals surface area (Å²) in [5, 5.41) is 23.5. The van der Waals surface area contributed by atoms with E-state index in [1.165, 1.54) is 405 Å². The summed E-state index contributed by atoms with van der Waals surface area (Å²) >= 11 is 0. The van der Waals surface area contributed by atoms with Crippen molar-refractivity contribution in [2.45, 2.75) is 488 Å². The van der Waals surface area contributed by atoms with Gasteiger partial charge in [-0.3, -0.25) is 9.59 Å². The van der Waals surface area contributed by atoms with Gasteiger partial charge in [0.15, 0.2) is 0 Å². The molecule has 0 bridgehead atoms. The normalized spacial score (nSPS) is 12.4. The Hall–Kier alpha value is -1.14. The molecule has 0 fully saturated rings. The first kappa shape index (κ1) is 84.9. The van der Waals surface area contributed by atoms with Crippen molar-refractivity contribution in [1.29, 1.82) is 0 Å². The van der Waals surface area contributed by atoms with Crippen LogP contribution in [0.2, 0.25) is 0 Å². The second kappa shape index (κ2) is 76.3. The van der Waals surface area contributed by atoms with E-state index in [1.54, 1.807) is 0 Å². The van der Waals surface area contributed by atoms with Crippen molar-refractivity contribution in [2.75, 3.05) is 13.2 Å². The van der Waals surface area contributed by atoms with Crippen LogP contribution in [-0.4, -0.2) is 47.4 Å². The quantitative estimate of drug-likeness (QED) is 0.0417. The summed E-state index contributed by atoms with van der Waals surface area (Å²) in [7, 11) is 0. The van der Waals surface area contributed by atoms with Crippen molar-refractivity contribution in [1.82, 2.24) is 5.32 Å². The first-order valence-corrected chi connectivity index (χ1v) is 40.3. The van der Waals surface area contributed by atoms with Crippen molar-refractivity contribution in [3.63, 3.8) is 0 Å². The van der Waals surface area contributed by atoms with Gasteiger partial charge in [0.2, 0.25) is 5.91 Å². The van der Waals surface area contributed by atoms with E-state index in [0.717, 1.165) is 38.5 Å². The molecule has 0 heterocycles. The minimum atomic E-state index is -0.663. The van der Waals surface area contributed by atoms with Gasteiger partial charge in [0.1, 0.15) is 0 Å². The molecule has 6 nitrogen and oxygen atoms in total. The Bertz CT molecular complexity index is 1260. The van der Waals surface area contributed by atoms with E-state index in [0.29, 0.717) is 25.9 Å². The number of nitrogens with one attached hydrogen (secondary N) is 1. The second-order valence-corrected chi connectivity index (χ2v) is 28.1. The summed E-state index contributed by atoms with van der Waals surface area (Å²) in [6, 6.07) is -0.540. The highest BCUT2D eigenvalue weighted by Gasteiger charge is 2.20. The van der Waals surface area contributed by atoms with Crippen molar-refractivity contribution >= 4 is 11.9 Å². The number of amides is 1. The number of carbonyl (C=O) groups excluding carboxylic acids is 2. The third kappa shape index (κ3) is 71.9. The maximum Gasteiger partial charge on any atom is 0.305 e. The lowest BCUT2D eigenvalue weighted by Gasteiger charge is -2.22. The van der Waals surface area contributed by atoms with Gasteiger partial charge < -0.3 is 20.3 Å². The maximum absolute atomic E-state index is 12.6. The number of aliphatic hydroxyl groups is 2. The largest absolute Gasteiger partial charge is 0.466 e. The fourth-order valence-electron chi connectivity index (χ4n) is 13.3. The molecule has 0 aliphatic heterocycles. The fourth-order valence-corrected chi connectivity index (χ4v) is 13.3. The van der Waals surface area contributed by atoms with Gasteiger partial charge in [-0.25, -0.2) is 0 Å². The summed E-state index contributed by atoms with van der Waals surface area (Å²) in [5.74, 6) is -0.00200. The topological polar surface area (TPSA) is 95.9 Å². The number of aliphatic hydroxyl groups excluding tert-OH is 2. The lowest BCUT2D eigenvalue weighted by atomic mass is 10.0. The zero-order valence-electron chi connectivity index (χ0n) is 59.1. The predicted molar refractivity (Wildman–Crippen MR) is 380 cm³/mol. The summed E-state index contributed by atoms with van der Waals surface area (Å²) in [6.07, 6.45) is 94.8. The monoisotopic (exact) mass is 1210 g/mol. The van der Waals surface area contributed by atoms with E-state index >= 15 is 0 Å². The molecule has 0 aromatic rings. The van der Waals surface area contributed by atoms with Crippen molar-refractivity contribution in [3.8, 4) is 0 Å². The molecule has 1 amide bonds. The minimum absolute atomic E-state index is 0.0240. The van der Waals surface area contributed by atoms with Crippen LogP contribution in [0, 0.1) is 0 Å². The standard InChI is InChI=1S/C80H159NO5/c1-3-5-7-9-11-13-15-17-19-21-23-24-25-30-33-37-40-44-48-52-56-60-64-68-72-78(83)77(76-82)81-79(84)73-69-65-61-57-53-49-45-41-38-34-31-28-26-27-29-32-35-39-43-47-51-55-59-63-67-71-75-86-80(85)74-70-66-62-58-54-50-46-42-36-22-20-18-16-14-12-10-8-6-4-2/h77-78,82-83H,3-76H2,1-2H3,(H,81,84). The van der Waals surface area contributed by atoms with Crippen LogP contribution in [0.15, 0.2) is 0 Å². The summed E-state index contributed by atoms with van der Waals surface area (Å²) in [6.45, 7) is 5.02. The van der Waals surface area contributed by atoms with Crippen molar-refractivity contribution in [3.05, 3.63) is 0 Å². The molecule has 0 saturated carbocycles. The molecule has 0 aromatic heterocycles. The van der Waals surface area contributed by atoms with Crippen molar-refractivity contribution < 1.29 is 24.5 Å². The molecule has 0 saturated heterocycles. The molecule has 2 atom stereocenters. The maximum atomic E-state index is 12.6. The fraction of sp³-hybridized carbons (Fsp3) is 0.975. The first-order chi connectivity index (χ1) is 42.5. The molecule has 0 aliphatic carbocycles. The summed E-state index contributed by atoms with van der Waals surface area (Å²) in [5.41, 5.74) is 0. The Kier molecular flexibility index (Phi) is 75.3. The summed E-state index contributed by atoms with van der Waals surface area (Å²) in [4.78, 5) is 24.7. The number of rotatable bonds is 77. The van der Waals surface area contributed by atoms with E-state index in [1.807, 2.05) is 0 Å². The van der Waals surface area contributed by atoms with Crippen LogP contribution in [0.3, 0.4) is 0 Å². The van der Waals surface area contributed by atoms with Gasteiger partial charge in [0.05, 0.1) is 25.4 Å². The van der Waals surface area contributed by atoms with Gasteiger partial charge in [-0.05, 0) is 25.7 Å². The Labute approximate surface area is 540 Å². The Morgan fingerprint density at radius 3 is 0.709 bits per heavy atom. The van der Waals surface area contributed by atoms with Crippen LogP contribution >= 0.6 is 0 Å². The number of unbranched alkanes of at least 4 members (excludes halogenated alkanes) is 66. The second-order valence-electron chi connectivity index (χ2n) is 28.1. The minimum Gasteiger partial charge on any atom is -0.466 e. The number of esters is 1. The highest BCUT2D eigenvalue weighted by atomic mass is 16.5. The van der Waals surface area contributed by atoms with Crippen LogP contribution in [0.5, 0.6) is 0 Å². The van der Waals surface area contributed by atoms with Crippen LogP contribution in [0.1, 0.15) is 476 Å². The van der Waals surface area contributed by atoms with Gasteiger partial charge in [0.25, 0.3) is 0 Å². The van der Waals surface area contributed by atoms with Gasteiger partial charge in [-0.1, -0.05) is 438 Å². The van der Waals surface area contributed by atoms with E-state index in [2.05, 4.69) is 19.2 Å². The van der Waals surface area contributed by atoms with Crippen LogP contribution in [0.4, 0.5) is 0 Å². The lowest BCUT2D eigenvalue weighted by molar-refractivity contribution is -0.143. The number of carbonyl (C=O) groups is 2. The van der Waals surface area contributed by atoms with Crippen LogP contribution in [0.25, 0.3) is 0 Å².